The van der Waals surface area contributed by atoms with Crippen LogP contribution in [0.4, 0.5) is 5.69 Å². The van der Waals surface area contributed by atoms with Gasteiger partial charge in [-0.1, -0.05) is 18.2 Å². The van der Waals surface area contributed by atoms with E-state index in [1.165, 1.54) is 5.69 Å². The summed E-state index contributed by atoms with van der Waals surface area (Å²) in [6.45, 7) is 4.79. The zero-order valence-corrected chi connectivity index (χ0v) is 15.4. The van der Waals surface area contributed by atoms with Gasteiger partial charge in [0, 0.05) is 37.5 Å². The van der Waals surface area contributed by atoms with Gasteiger partial charge in [0.25, 0.3) is 0 Å². The minimum Gasteiger partial charge on any atom is -0.371 e. The molecule has 134 valence electrons. The lowest BCUT2D eigenvalue weighted by atomic mass is 10.1. The summed E-state index contributed by atoms with van der Waals surface area (Å²) in [5.41, 5.74) is 1.25. The minimum absolute atomic E-state index is 0.0182. The van der Waals surface area contributed by atoms with Crippen LogP contribution in [0, 0.1) is 5.92 Å². The van der Waals surface area contributed by atoms with Crippen molar-refractivity contribution in [3.05, 3.63) is 30.3 Å². The highest BCUT2D eigenvalue weighted by molar-refractivity contribution is 8.01. The molecule has 1 aromatic carbocycles. The molecule has 0 unspecified atom stereocenters. The van der Waals surface area contributed by atoms with E-state index in [4.69, 9.17) is 0 Å². The van der Waals surface area contributed by atoms with E-state index in [-0.39, 0.29) is 22.7 Å². The van der Waals surface area contributed by atoms with Gasteiger partial charge in [0.1, 0.15) is 6.04 Å². The van der Waals surface area contributed by atoms with Crippen LogP contribution in [0.5, 0.6) is 0 Å². The van der Waals surface area contributed by atoms with Crippen LogP contribution in [0.25, 0.3) is 0 Å². The molecule has 0 aromatic heterocycles. The highest BCUT2D eigenvalue weighted by Crippen LogP contribution is 2.47. The molecule has 0 aliphatic carbocycles. The van der Waals surface area contributed by atoms with Crippen LogP contribution >= 0.6 is 11.8 Å². The van der Waals surface area contributed by atoms with Crippen molar-refractivity contribution in [2.45, 2.75) is 37.1 Å². The van der Waals surface area contributed by atoms with Gasteiger partial charge in [-0.3, -0.25) is 9.59 Å². The molecule has 3 aliphatic heterocycles. The van der Waals surface area contributed by atoms with Crippen molar-refractivity contribution < 1.29 is 9.59 Å². The van der Waals surface area contributed by atoms with E-state index in [0.29, 0.717) is 18.9 Å². The number of carbonyl (C=O) groups excluding carboxylic acids is 2. The molecule has 25 heavy (non-hydrogen) atoms. The number of thioether (sulfide) groups is 1. The fourth-order valence-electron chi connectivity index (χ4n) is 4.25. The maximum atomic E-state index is 12.7. The Labute approximate surface area is 153 Å². The molecule has 3 heterocycles. The van der Waals surface area contributed by atoms with Crippen molar-refractivity contribution in [3.8, 4) is 0 Å². The van der Waals surface area contributed by atoms with Crippen LogP contribution in [-0.2, 0) is 9.59 Å². The van der Waals surface area contributed by atoms with Gasteiger partial charge < -0.3 is 15.1 Å². The van der Waals surface area contributed by atoms with Gasteiger partial charge in [0.15, 0.2) is 0 Å². The number of hydrogen-bond acceptors (Lipinski definition) is 4. The van der Waals surface area contributed by atoms with Crippen LogP contribution in [0.2, 0.25) is 0 Å². The Bertz CT molecular complexity index is 668. The summed E-state index contributed by atoms with van der Waals surface area (Å²) >= 11 is 1.75. The highest BCUT2D eigenvalue weighted by atomic mass is 32.2. The lowest BCUT2D eigenvalue weighted by Crippen LogP contribution is -2.50. The monoisotopic (exact) mass is 359 g/mol. The molecule has 2 amide bonds. The fraction of sp³-hybridized carbons (Fsp3) is 0.579. The lowest BCUT2D eigenvalue weighted by molar-refractivity contribution is -0.138. The lowest BCUT2D eigenvalue weighted by Gasteiger charge is -2.30. The number of amides is 2. The van der Waals surface area contributed by atoms with Crippen LogP contribution in [0.15, 0.2) is 30.3 Å². The van der Waals surface area contributed by atoms with Crippen molar-refractivity contribution in [2.24, 2.45) is 5.92 Å². The third-order valence-electron chi connectivity index (χ3n) is 5.72. The Hall–Kier alpha value is -1.69. The predicted molar refractivity (Wildman–Crippen MR) is 101 cm³/mol. The molecule has 3 aliphatic rings. The summed E-state index contributed by atoms with van der Waals surface area (Å²) in [5, 5.41) is 3.12. The first-order chi connectivity index (χ1) is 12.1. The first-order valence-corrected chi connectivity index (χ1v) is 10.1. The van der Waals surface area contributed by atoms with Gasteiger partial charge in [0.05, 0.1) is 4.87 Å². The number of nitrogens with zero attached hydrogens (tertiary/aromatic N) is 2. The van der Waals surface area contributed by atoms with E-state index in [0.717, 1.165) is 31.7 Å². The fourth-order valence-corrected chi connectivity index (χ4v) is 5.68. The summed E-state index contributed by atoms with van der Waals surface area (Å²) in [6, 6.07) is 10.1. The van der Waals surface area contributed by atoms with E-state index in [1.54, 1.807) is 11.8 Å². The van der Waals surface area contributed by atoms with Crippen LogP contribution in [0.3, 0.4) is 0 Å². The second-order valence-corrected chi connectivity index (χ2v) is 8.95. The summed E-state index contributed by atoms with van der Waals surface area (Å²) in [5.74, 6) is 1.33. The van der Waals surface area contributed by atoms with E-state index in [1.807, 2.05) is 11.0 Å². The quantitative estimate of drug-likeness (QED) is 0.894. The van der Waals surface area contributed by atoms with Gasteiger partial charge in [-0.15, -0.1) is 11.8 Å². The molecule has 4 rings (SSSR count). The molecular formula is C19H25N3O2S. The molecule has 3 atom stereocenters. The first kappa shape index (κ1) is 16.8. The number of benzene rings is 1. The van der Waals surface area contributed by atoms with Crippen molar-refractivity contribution in [3.63, 3.8) is 0 Å². The third-order valence-corrected chi connectivity index (χ3v) is 7.22. The third kappa shape index (κ3) is 3.12. The summed E-state index contributed by atoms with van der Waals surface area (Å²) < 4.78 is 0. The molecule has 1 aromatic rings. The topological polar surface area (TPSA) is 52.7 Å². The maximum absolute atomic E-state index is 12.7. The molecule has 0 bridgehead atoms. The molecule has 0 spiro atoms. The Morgan fingerprint density at radius 1 is 1.36 bits per heavy atom. The van der Waals surface area contributed by atoms with Gasteiger partial charge in [-0.25, -0.2) is 0 Å². The predicted octanol–water partition coefficient (Wildman–Crippen LogP) is 2.08. The van der Waals surface area contributed by atoms with Gasteiger partial charge in [-0.2, -0.15) is 0 Å². The van der Waals surface area contributed by atoms with Crippen molar-refractivity contribution in [1.82, 2.24) is 10.2 Å². The molecule has 3 fully saturated rings. The Balaban J connectivity index is 1.31. The van der Waals surface area contributed by atoms with Crippen LogP contribution in [0.1, 0.15) is 26.2 Å². The largest absolute Gasteiger partial charge is 0.371 e. The van der Waals surface area contributed by atoms with Gasteiger partial charge in [-0.05, 0) is 37.8 Å². The molecule has 1 N–H and O–H groups in total. The van der Waals surface area contributed by atoms with E-state index >= 15 is 0 Å². The number of anilines is 1. The molecule has 0 saturated carbocycles. The number of fused-ring (bicyclic) bond motifs is 1. The smallest absolute Gasteiger partial charge is 0.243 e. The second-order valence-electron chi connectivity index (χ2n) is 7.45. The Morgan fingerprint density at radius 2 is 2.16 bits per heavy atom. The average molecular weight is 359 g/mol. The number of nitrogens with one attached hydrogen (secondary N) is 1. The highest BCUT2D eigenvalue weighted by Gasteiger charge is 2.52. The van der Waals surface area contributed by atoms with Crippen molar-refractivity contribution >= 4 is 29.3 Å². The molecule has 6 heteroatoms. The number of carbonyl (C=O) groups is 2. The molecule has 3 saturated heterocycles. The SMILES string of the molecule is C[C@]12CCC(=O)N1[C@@H](C(=O)NC[C@@H]1CCN(c3ccccc3)C1)CS2. The zero-order chi connectivity index (χ0) is 17.4. The summed E-state index contributed by atoms with van der Waals surface area (Å²) in [7, 11) is 0. The Kier molecular flexibility index (Phi) is 4.40. The summed E-state index contributed by atoms with van der Waals surface area (Å²) in [4.78, 5) is 28.9. The average Bonchev–Trinajstić information content (AvgIpc) is 3.30. The first-order valence-electron chi connectivity index (χ1n) is 9.11. The van der Waals surface area contributed by atoms with Crippen LogP contribution < -0.4 is 10.2 Å². The van der Waals surface area contributed by atoms with E-state index in [9.17, 15) is 9.59 Å². The maximum Gasteiger partial charge on any atom is 0.243 e. The molecule has 5 nitrogen and oxygen atoms in total. The van der Waals surface area contributed by atoms with Crippen molar-refractivity contribution in [1.29, 1.82) is 0 Å². The second kappa shape index (κ2) is 6.56. The zero-order valence-electron chi connectivity index (χ0n) is 14.6. The number of rotatable bonds is 4. The van der Waals surface area contributed by atoms with Gasteiger partial charge in [0.2, 0.25) is 11.8 Å². The molecular weight excluding hydrogens is 334 g/mol. The minimum atomic E-state index is -0.295. The number of para-hydroxylation sites is 1. The number of hydrogen-bond donors (Lipinski definition) is 1. The van der Waals surface area contributed by atoms with E-state index < -0.39 is 0 Å². The standard InChI is InChI=1S/C19H25N3O2S/c1-19-9-7-17(23)22(19)16(13-25-19)18(24)20-11-14-8-10-21(12-14)15-5-3-2-4-6-15/h2-6,14,16H,7-13H2,1H3,(H,20,24)/t14-,16+,19-/m0/s1. The normalized spacial score (nSPS) is 31.5. The van der Waals surface area contributed by atoms with Crippen molar-refractivity contribution in [2.75, 3.05) is 30.3 Å². The molecule has 0 radical (unpaired) electrons. The van der Waals surface area contributed by atoms with Gasteiger partial charge >= 0.3 is 0 Å². The van der Waals surface area contributed by atoms with Crippen LogP contribution in [-0.4, -0.2) is 53.0 Å². The van der Waals surface area contributed by atoms with E-state index in [2.05, 4.69) is 41.4 Å². The Morgan fingerprint density at radius 3 is 2.96 bits per heavy atom. The summed E-state index contributed by atoms with van der Waals surface area (Å²) in [6.07, 6.45) is 2.52.